The van der Waals surface area contributed by atoms with Gasteiger partial charge in [0, 0.05) is 6.92 Å². The van der Waals surface area contributed by atoms with E-state index in [0.717, 1.165) is 6.92 Å². The Kier molecular flexibility index (Phi) is 21.9. The largest absolute Gasteiger partial charge is 1.00 e. The summed E-state index contributed by atoms with van der Waals surface area (Å²) in [6.45, 7) is -0.279. The van der Waals surface area contributed by atoms with Crippen molar-refractivity contribution in [2.24, 2.45) is 0 Å². The number of hydrogen-bond acceptors (Lipinski definition) is 6. The van der Waals surface area contributed by atoms with Crippen LogP contribution < -0.4 is 74.8 Å². The SMILES string of the molecule is CC(=O)NN(CC(=O)[O-])CC(=O)[O-].Cl.[Na+].[Na+]. The molecule has 0 rings (SSSR count). The van der Waals surface area contributed by atoms with Crippen molar-refractivity contribution in [3.63, 3.8) is 0 Å². The number of carboxylic acid groups (broad SMARTS) is 2. The number of carbonyl (C=O) groups excluding carboxylic acids is 3. The van der Waals surface area contributed by atoms with E-state index < -0.39 is 30.9 Å². The van der Waals surface area contributed by atoms with Crippen LogP contribution in [0.25, 0.3) is 0 Å². The van der Waals surface area contributed by atoms with Gasteiger partial charge in [-0.1, -0.05) is 0 Å². The minimum Gasteiger partial charge on any atom is -0.549 e. The minimum atomic E-state index is -1.49. The van der Waals surface area contributed by atoms with Gasteiger partial charge in [0.25, 0.3) is 0 Å². The van der Waals surface area contributed by atoms with Crippen LogP contribution in [0.3, 0.4) is 0 Å². The summed E-state index contributed by atoms with van der Waals surface area (Å²) in [5.74, 6) is -3.55. The molecule has 0 radical (unpaired) electrons. The van der Waals surface area contributed by atoms with Gasteiger partial charge in [0.15, 0.2) is 0 Å². The molecular weight excluding hydrogens is 262 g/mol. The first kappa shape index (κ1) is 25.5. The molecule has 0 fully saturated rings. The van der Waals surface area contributed by atoms with E-state index in [9.17, 15) is 24.6 Å². The maximum Gasteiger partial charge on any atom is 1.00 e. The Morgan fingerprint density at radius 3 is 1.56 bits per heavy atom. The van der Waals surface area contributed by atoms with Gasteiger partial charge in [-0.2, -0.15) is 0 Å². The Morgan fingerprint density at radius 1 is 1.06 bits per heavy atom. The first-order valence-electron chi connectivity index (χ1n) is 3.33. The number of aliphatic carboxylic acids is 2. The smallest absolute Gasteiger partial charge is 0.549 e. The first-order valence-corrected chi connectivity index (χ1v) is 3.33. The predicted molar refractivity (Wildman–Crippen MR) is 42.7 cm³/mol. The second-order valence-corrected chi connectivity index (χ2v) is 2.27. The summed E-state index contributed by atoms with van der Waals surface area (Å²) in [5.41, 5.74) is 2.00. The van der Waals surface area contributed by atoms with Crippen LogP contribution in [0.5, 0.6) is 0 Å². The van der Waals surface area contributed by atoms with Gasteiger partial charge in [0.05, 0.1) is 25.0 Å². The van der Waals surface area contributed by atoms with Crippen LogP contribution in [0.1, 0.15) is 6.92 Å². The monoisotopic (exact) mass is 270 g/mol. The Labute approximate surface area is 143 Å². The summed E-state index contributed by atoms with van der Waals surface area (Å²) in [6, 6.07) is 0. The zero-order chi connectivity index (χ0) is 10.4. The van der Waals surface area contributed by atoms with Gasteiger partial charge >= 0.3 is 59.1 Å². The zero-order valence-electron chi connectivity index (χ0n) is 9.31. The van der Waals surface area contributed by atoms with E-state index in [-0.39, 0.29) is 71.5 Å². The average Bonchev–Trinajstić information content (AvgIpc) is 1.80. The van der Waals surface area contributed by atoms with Crippen LogP contribution in [0.2, 0.25) is 0 Å². The number of nitrogens with one attached hydrogen (secondary N) is 1. The van der Waals surface area contributed by atoms with Crippen molar-refractivity contribution in [3.05, 3.63) is 0 Å². The molecule has 0 bridgehead atoms. The summed E-state index contributed by atoms with van der Waals surface area (Å²) >= 11 is 0. The second kappa shape index (κ2) is 13.7. The van der Waals surface area contributed by atoms with Crippen LogP contribution in [0.15, 0.2) is 0 Å². The predicted octanol–water partition coefficient (Wildman–Crippen LogP) is -9.73. The van der Waals surface area contributed by atoms with E-state index in [0.29, 0.717) is 5.01 Å². The van der Waals surface area contributed by atoms with Crippen molar-refractivity contribution in [1.29, 1.82) is 0 Å². The summed E-state index contributed by atoms with van der Waals surface area (Å²) < 4.78 is 0. The second-order valence-electron chi connectivity index (χ2n) is 2.27. The quantitative estimate of drug-likeness (QED) is 0.392. The summed E-state index contributed by atoms with van der Waals surface area (Å²) in [4.78, 5) is 30.5. The molecule has 0 aromatic heterocycles. The maximum absolute atomic E-state index is 10.4. The molecule has 1 N–H and O–H groups in total. The number of hydrogen-bond donors (Lipinski definition) is 1. The number of amides is 1. The van der Waals surface area contributed by atoms with Gasteiger partial charge in [-0.15, -0.1) is 12.4 Å². The first-order chi connectivity index (χ1) is 5.91. The molecule has 7 nitrogen and oxygen atoms in total. The third kappa shape index (κ3) is 17.1. The van der Waals surface area contributed by atoms with E-state index in [1.807, 2.05) is 5.43 Å². The molecule has 0 saturated heterocycles. The molecule has 0 aliphatic heterocycles. The van der Waals surface area contributed by atoms with Crippen molar-refractivity contribution in [3.8, 4) is 0 Å². The van der Waals surface area contributed by atoms with Gasteiger partial charge in [-0.05, 0) is 0 Å². The molecule has 0 unspecified atom stereocenters. The fourth-order valence-corrected chi connectivity index (χ4v) is 0.669. The summed E-state index contributed by atoms with van der Waals surface area (Å²) in [6.07, 6.45) is 0. The van der Waals surface area contributed by atoms with E-state index in [4.69, 9.17) is 0 Å². The fourth-order valence-electron chi connectivity index (χ4n) is 0.669. The zero-order valence-corrected chi connectivity index (χ0v) is 14.1. The molecule has 1 amide bonds. The molecule has 0 spiro atoms. The molecule has 0 aliphatic carbocycles. The Hall–Kier alpha value is 0.660. The Morgan fingerprint density at radius 2 is 1.38 bits per heavy atom. The van der Waals surface area contributed by atoms with Crippen LogP contribution in [-0.4, -0.2) is 35.9 Å². The van der Waals surface area contributed by atoms with E-state index >= 15 is 0 Å². The van der Waals surface area contributed by atoms with Crippen LogP contribution in [0, 0.1) is 0 Å². The molecule has 0 heterocycles. The summed E-state index contributed by atoms with van der Waals surface area (Å²) in [5, 5.41) is 20.8. The number of carbonyl (C=O) groups is 3. The standard InChI is InChI=1S/C6H10N2O5.ClH.2Na/c1-4(9)7-8(2-5(10)11)3-6(12)13;;;/h2-3H2,1H3,(H,7,9)(H,10,11)(H,12,13);1H;;/q;;2*+1/p-2. The van der Waals surface area contributed by atoms with Crippen LogP contribution >= 0.6 is 12.4 Å². The van der Waals surface area contributed by atoms with Gasteiger partial charge in [-0.25, -0.2) is 5.01 Å². The van der Waals surface area contributed by atoms with Gasteiger partial charge in [0.2, 0.25) is 5.91 Å². The van der Waals surface area contributed by atoms with Crippen molar-refractivity contribution in [2.45, 2.75) is 6.92 Å². The molecule has 82 valence electrons. The fraction of sp³-hybridized carbons (Fsp3) is 0.500. The summed E-state index contributed by atoms with van der Waals surface area (Å²) in [7, 11) is 0. The van der Waals surface area contributed by atoms with Gasteiger partial charge in [-0.3, -0.25) is 10.2 Å². The number of rotatable bonds is 5. The molecule has 0 aromatic rings. The molecule has 0 saturated carbocycles. The molecule has 16 heavy (non-hydrogen) atoms. The Bertz CT molecular complexity index is 203. The number of nitrogens with zero attached hydrogens (tertiary/aromatic N) is 1. The average molecular weight is 271 g/mol. The maximum atomic E-state index is 10.4. The van der Waals surface area contributed by atoms with E-state index in [1.165, 1.54) is 0 Å². The molecule has 0 aromatic carbocycles. The van der Waals surface area contributed by atoms with Crippen LogP contribution in [0.4, 0.5) is 0 Å². The van der Waals surface area contributed by atoms with Crippen molar-refractivity contribution in [1.82, 2.24) is 10.4 Å². The topological polar surface area (TPSA) is 113 Å². The molecular formula is C6H9ClN2Na2O5. The third-order valence-corrected chi connectivity index (χ3v) is 0.955. The van der Waals surface area contributed by atoms with Crippen molar-refractivity contribution < 1.29 is 83.7 Å². The Balaban J connectivity index is -0.000000240. The normalized spacial score (nSPS) is 7.88. The molecule has 10 heteroatoms. The third-order valence-electron chi connectivity index (χ3n) is 0.955. The van der Waals surface area contributed by atoms with Crippen molar-refractivity contribution >= 4 is 30.3 Å². The minimum absolute atomic E-state index is 0. The number of hydrazine groups is 1. The van der Waals surface area contributed by atoms with E-state index in [2.05, 4.69) is 0 Å². The van der Waals surface area contributed by atoms with Gasteiger partial charge < -0.3 is 19.8 Å². The van der Waals surface area contributed by atoms with Crippen molar-refractivity contribution in [2.75, 3.05) is 13.1 Å². The van der Waals surface area contributed by atoms with Crippen LogP contribution in [-0.2, 0) is 14.4 Å². The van der Waals surface area contributed by atoms with E-state index in [1.54, 1.807) is 0 Å². The molecule has 0 atom stereocenters. The van der Waals surface area contributed by atoms with Gasteiger partial charge in [0.1, 0.15) is 0 Å². The molecule has 0 aliphatic rings. The number of halogens is 1. The number of carboxylic acids is 2.